The second kappa shape index (κ2) is 3.20. The molecule has 0 aromatic heterocycles. The zero-order chi connectivity index (χ0) is 9.36. The summed E-state index contributed by atoms with van der Waals surface area (Å²) in [4.78, 5) is 0. The Balaban J connectivity index is 1.97. The molecule has 0 saturated heterocycles. The van der Waals surface area contributed by atoms with E-state index in [1.165, 1.54) is 38.5 Å². The molecular weight excluding hydrogens is 178 g/mol. The van der Waals surface area contributed by atoms with Gasteiger partial charge in [-0.15, -0.1) is 11.8 Å². The van der Waals surface area contributed by atoms with Crippen LogP contribution in [0.15, 0.2) is 0 Å². The Morgan fingerprint density at radius 2 is 1.92 bits per heavy atom. The largest absolute Gasteiger partial charge is 0.197 e. The van der Waals surface area contributed by atoms with Crippen molar-refractivity contribution in [3.05, 3.63) is 0 Å². The van der Waals surface area contributed by atoms with E-state index in [1.807, 2.05) is 11.8 Å². The van der Waals surface area contributed by atoms with Gasteiger partial charge < -0.3 is 0 Å². The lowest BCUT2D eigenvalue weighted by Crippen LogP contribution is -2.47. The minimum atomic E-state index is 0.0130. The number of thioether (sulfide) groups is 1. The van der Waals surface area contributed by atoms with E-state index in [4.69, 9.17) is 5.26 Å². The van der Waals surface area contributed by atoms with Gasteiger partial charge in [0.15, 0.2) is 0 Å². The first-order valence-electron chi connectivity index (χ1n) is 5.29. The van der Waals surface area contributed by atoms with Crippen LogP contribution in [0.3, 0.4) is 0 Å². The second-order valence-corrected chi connectivity index (χ2v) is 6.25. The summed E-state index contributed by atoms with van der Waals surface area (Å²) < 4.78 is 0.0130. The predicted molar refractivity (Wildman–Crippen MR) is 56.6 cm³/mol. The molecule has 0 radical (unpaired) electrons. The molecule has 0 amide bonds. The average molecular weight is 195 g/mol. The molecule has 0 aromatic rings. The van der Waals surface area contributed by atoms with Gasteiger partial charge >= 0.3 is 0 Å². The van der Waals surface area contributed by atoms with Crippen molar-refractivity contribution in [2.75, 3.05) is 5.75 Å². The topological polar surface area (TPSA) is 23.8 Å². The normalized spacial score (nSPS) is 28.3. The predicted octanol–water partition coefficient (Wildman–Crippen LogP) is 3.36. The lowest BCUT2D eigenvalue weighted by atomic mass is 9.61. The van der Waals surface area contributed by atoms with E-state index in [-0.39, 0.29) is 4.75 Å². The highest BCUT2D eigenvalue weighted by Crippen LogP contribution is 2.62. The monoisotopic (exact) mass is 195 g/mol. The van der Waals surface area contributed by atoms with Crippen LogP contribution < -0.4 is 0 Å². The van der Waals surface area contributed by atoms with Crippen molar-refractivity contribution in [2.24, 2.45) is 5.41 Å². The molecular formula is C11H17NS. The molecule has 0 aliphatic heterocycles. The third-order valence-corrected chi connectivity index (χ3v) is 4.83. The minimum absolute atomic E-state index is 0.0130. The molecule has 0 bridgehead atoms. The Hall–Kier alpha value is -0.160. The van der Waals surface area contributed by atoms with E-state index in [2.05, 4.69) is 13.0 Å². The summed E-state index contributed by atoms with van der Waals surface area (Å²) in [5.41, 5.74) is 0.609. The molecule has 0 aromatic carbocycles. The zero-order valence-corrected chi connectivity index (χ0v) is 9.12. The maximum Gasteiger partial charge on any atom is 0.103 e. The van der Waals surface area contributed by atoms with Crippen molar-refractivity contribution < 1.29 is 0 Å². The number of hydrogen-bond donors (Lipinski definition) is 0. The number of nitriles is 1. The van der Waals surface area contributed by atoms with E-state index in [0.717, 1.165) is 5.75 Å². The third kappa shape index (κ3) is 1.48. The van der Waals surface area contributed by atoms with Crippen molar-refractivity contribution >= 4 is 11.8 Å². The van der Waals surface area contributed by atoms with E-state index in [9.17, 15) is 0 Å². The Morgan fingerprint density at radius 1 is 1.31 bits per heavy atom. The number of nitrogens with zero attached hydrogens (tertiary/aromatic N) is 1. The fraction of sp³-hybridized carbons (Fsp3) is 0.909. The van der Waals surface area contributed by atoms with Crippen molar-refractivity contribution in [3.63, 3.8) is 0 Å². The Morgan fingerprint density at radius 3 is 2.38 bits per heavy atom. The maximum atomic E-state index is 9.14. The van der Waals surface area contributed by atoms with Gasteiger partial charge in [0.25, 0.3) is 0 Å². The van der Waals surface area contributed by atoms with E-state index < -0.39 is 0 Å². The van der Waals surface area contributed by atoms with Crippen LogP contribution in [0.5, 0.6) is 0 Å². The van der Waals surface area contributed by atoms with Gasteiger partial charge in [0.1, 0.15) is 4.75 Å². The van der Waals surface area contributed by atoms with Gasteiger partial charge in [-0.3, -0.25) is 0 Å². The van der Waals surface area contributed by atoms with Gasteiger partial charge in [-0.1, -0.05) is 19.8 Å². The van der Waals surface area contributed by atoms with Gasteiger partial charge in [-0.05, 0) is 36.9 Å². The van der Waals surface area contributed by atoms with Gasteiger partial charge in [-0.2, -0.15) is 5.26 Å². The fourth-order valence-electron chi connectivity index (χ4n) is 3.13. The third-order valence-electron chi connectivity index (χ3n) is 3.61. The first kappa shape index (κ1) is 9.40. The summed E-state index contributed by atoms with van der Waals surface area (Å²) in [5.74, 6) is 1.09. The van der Waals surface area contributed by atoms with Crippen LogP contribution in [0.2, 0.25) is 0 Å². The molecule has 2 heteroatoms. The molecule has 0 atom stereocenters. The second-order valence-electron chi connectivity index (χ2n) is 4.60. The Kier molecular flexibility index (Phi) is 2.32. The van der Waals surface area contributed by atoms with Crippen molar-refractivity contribution in [1.29, 1.82) is 5.26 Å². The molecule has 1 nitrogen and oxygen atoms in total. The molecule has 13 heavy (non-hydrogen) atoms. The quantitative estimate of drug-likeness (QED) is 0.674. The van der Waals surface area contributed by atoms with Crippen LogP contribution in [0.1, 0.15) is 45.4 Å². The summed E-state index contributed by atoms with van der Waals surface area (Å²) >= 11 is 1.87. The molecule has 0 N–H and O–H groups in total. The maximum absolute atomic E-state index is 9.14. The minimum Gasteiger partial charge on any atom is -0.197 e. The summed E-state index contributed by atoms with van der Waals surface area (Å²) in [5, 5.41) is 9.14. The van der Waals surface area contributed by atoms with Gasteiger partial charge in [0.05, 0.1) is 6.07 Å². The zero-order valence-electron chi connectivity index (χ0n) is 8.31. The highest BCUT2D eigenvalue weighted by atomic mass is 32.2. The number of rotatable bonds is 2. The summed E-state index contributed by atoms with van der Waals surface area (Å²) in [6.45, 7) is 2.16. The van der Waals surface area contributed by atoms with Crippen molar-refractivity contribution in [1.82, 2.24) is 0 Å². The standard InChI is InChI=1S/C11H17NS/c1-2-13-11(9-12)7-10(8-11)5-3-4-6-10/h2-8H2,1H3. The lowest BCUT2D eigenvalue weighted by molar-refractivity contribution is 0.119. The van der Waals surface area contributed by atoms with E-state index >= 15 is 0 Å². The van der Waals surface area contributed by atoms with Crippen LogP contribution in [0, 0.1) is 16.7 Å². The lowest BCUT2D eigenvalue weighted by Gasteiger charge is -2.50. The molecule has 2 aliphatic rings. The first-order chi connectivity index (χ1) is 6.24. The molecule has 1 spiro atoms. The highest BCUT2D eigenvalue weighted by Gasteiger charge is 2.55. The Bertz CT molecular complexity index is 227. The highest BCUT2D eigenvalue weighted by molar-refractivity contribution is 8.00. The van der Waals surface area contributed by atoms with E-state index in [1.54, 1.807) is 0 Å². The summed E-state index contributed by atoms with van der Waals surface area (Å²) in [7, 11) is 0. The molecule has 2 saturated carbocycles. The average Bonchev–Trinajstić information content (AvgIpc) is 2.52. The molecule has 0 unspecified atom stereocenters. The summed E-state index contributed by atoms with van der Waals surface area (Å²) in [6, 6.07) is 2.53. The van der Waals surface area contributed by atoms with Crippen LogP contribution >= 0.6 is 11.8 Å². The molecule has 72 valence electrons. The fourth-order valence-corrected chi connectivity index (χ4v) is 4.56. The molecule has 0 heterocycles. The van der Waals surface area contributed by atoms with Crippen LogP contribution in [0.4, 0.5) is 0 Å². The molecule has 2 fully saturated rings. The van der Waals surface area contributed by atoms with Gasteiger partial charge in [0, 0.05) is 0 Å². The van der Waals surface area contributed by atoms with Crippen LogP contribution in [0.25, 0.3) is 0 Å². The van der Waals surface area contributed by atoms with Crippen molar-refractivity contribution in [2.45, 2.75) is 50.2 Å². The van der Waals surface area contributed by atoms with Crippen molar-refractivity contribution in [3.8, 4) is 6.07 Å². The molecule has 2 aliphatic carbocycles. The summed E-state index contributed by atoms with van der Waals surface area (Å²) in [6.07, 6.45) is 7.93. The number of hydrogen-bond acceptors (Lipinski definition) is 2. The molecule has 2 rings (SSSR count). The van der Waals surface area contributed by atoms with Gasteiger partial charge in [0.2, 0.25) is 0 Å². The van der Waals surface area contributed by atoms with Crippen LogP contribution in [-0.4, -0.2) is 10.5 Å². The van der Waals surface area contributed by atoms with Crippen LogP contribution in [-0.2, 0) is 0 Å². The smallest absolute Gasteiger partial charge is 0.103 e. The first-order valence-corrected chi connectivity index (χ1v) is 6.28. The SMILES string of the molecule is CCSC1(C#N)CC2(CCCC2)C1. The van der Waals surface area contributed by atoms with Gasteiger partial charge in [-0.25, -0.2) is 0 Å². The Labute approximate surface area is 84.9 Å². The van der Waals surface area contributed by atoms with E-state index in [0.29, 0.717) is 5.41 Å².